The number of halogens is 4. The molecule has 1 amide bonds. The highest BCUT2D eigenvalue weighted by Gasteiger charge is 2.18. The Kier molecular flexibility index (Phi) is 6.10. The lowest BCUT2D eigenvalue weighted by Gasteiger charge is -2.13. The Balaban J connectivity index is 1.82. The van der Waals surface area contributed by atoms with Crippen LogP contribution in [-0.4, -0.2) is 15.9 Å². The van der Waals surface area contributed by atoms with Crippen LogP contribution in [-0.2, 0) is 6.54 Å². The van der Waals surface area contributed by atoms with Crippen molar-refractivity contribution in [3.05, 3.63) is 74.5 Å². The Morgan fingerprint density at radius 3 is 2.75 bits per heavy atom. The first-order chi connectivity index (χ1) is 13.4. The number of rotatable bonds is 5. The smallest absolute Gasteiger partial charge is 0.271 e. The number of H-pyrrole nitrogens is 1. The molecule has 0 aliphatic carbocycles. The van der Waals surface area contributed by atoms with Crippen LogP contribution in [0.15, 0.2) is 36.7 Å². The van der Waals surface area contributed by atoms with Crippen LogP contribution in [0.3, 0.4) is 0 Å². The second kappa shape index (κ2) is 8.53. The standard InChI is InChI=1S/C19H11Cl3FN3O2/c1-2-10-5-12(20)7-13(6-10)28-17-14(21)4-3-11(15(17)23)8-24-19(27)16-18(22)26-9-25-16/h1,3-7,9H,8H2,(H,24,27)(H,25,26). The van der Waals surface area contributed by atoms with Crippen LogP contribution in [0.4, 0.5) is 4.39 Å². The minimum atomic E-state index is -0.731. The number of aromatic nitrogens is 2. The third-order valence-electron chi connectivity index (χ3n) is 3.65. The molecule has 5 nitrogen and oxygen atoms in total. The lowest BCUT2D eigenvalue weighted by atomic mass is 10.2. The van der Waals surface area contributed by atoms with Crippen LogP contribution >= 0.6 is 34.8 Å². The number of aromatic amines is 1. The summed E-state index contributed by atoms with van der Waals surface area (Å²) in [5.74, 6) is 1.18. The van der Waals surface area contributed by atoms with Gasteiger partial charge in [0.2, 0.25) is 0 Å². The molecule has 0 aliphatic rings. The Bertz CT molecular complexity index is 1090. The van der Waals surface area contributed by atoms with Crippen molar-refractivity contribution in [2.24, 2.45) is 0 Å². The van der Waals surface area contributed by atoms with Gasteiger partial charge < -0.3 is 15.0 Å². The van der Waals surface area contributed by atoms with E-state index in [9.17, 15) is 9.18 Å². The third-order valence-corrected chi connectivity index (χ3v) is 4.45. The lowest BCUT2D eigenvalue weighted by molar-refractivity contribution is 0.0946. The monoisotopic (exact) mass is 437 g/mol. The second-order valence-corrected chi connectivity index (χ2v) is 6.72. The minimum absolute atomic E-state index is 0.0170. The topological polar surface area (TPSA) is 67.0 Å². The number of hydrogen-bond acceptors (Lipinski definition) is 3. The zero-order chi connectivity index (χ0) is 20.3. The van der Waals surface area contributed by atoms with E-state index in [-0.39, 0.29) is 39.5 Å². The molecule has 2 N–H and O–H groups in total. The van der Waals surface area contributed by atoms with E-state index in [0.29, 0.717) is 10.6 Å². The number of carbonyl (C=O) groups excluding carboxylic acids is 1. The predicted molar refractivity (Wildman–Crippen MR) is 106 cm³/mol. The summed E-state index contributed by atoms with van der Waals surface area (Å²) in [6.07, 6.45) is 6.64. The van der Waals surface area contributed by atoms with Crippen LogP contribution in [0.2, 0.25) is 15.2 Å². The number of carbonyl (C=O) groups is 1. The second-order valence-electron chi connectivity index (χ2n) is 5.52. The summed E-state index contributed by atoms with van der Waals surface area (Å²) in [4.78, 5) is 18.4. The Labute approximate surface area is 174 Å². The molecule has 0 radical (unpaired) electrons. The summed E-state index contributed by atoms with van der Waals surface area (Å²) in [6.45, 7) is -0.126. The molecule has 3 aromatic rings. The molecule has 0 atom stereocenters. The largest absolute Gasteiger partial charge is 0.453 e. The van der Waals surface area contributed by atoms with Crippen LogP contribution in [0.5, 0.6) is 11.5 Å². The molecule has 1 aromatic heterocycles. The summed E-state index contributed by atoms with van der Waals surface area (Å²) in [5.41, 5.74) is 0.703. The van der Waals surface area contributed by atoms with Crippen molar-refractivity contribution in [1.29, 1.82) is 0 Å². The van der Waals surface area contributed by atoms with Crippen molar-refractivity contribution in [2.75, 3.05) is 0 Å². The van der Waals surface area contributed by atoms with Gasteiger partial charge in [-0.2, -0.15) is 0 Å². The van der Waals surface area contributed by atoms with E-state index < -0.39 is 11.7 Å². The Morgan fingerprint density at radius 2 is 2.07 bits per heavy atom. The molecule has 0 saturated carbocycles. The minimum Gasteiger partial charge on any atom is -0.453 e. The molecule has 1 heterocycles. The van der Waals surface area contributed by atoms with Crippen LogP contribution < -0.4 is 10.1 Å². The zero-order valence-electron chi connectivity index (χ0n) is 14.0. The molecule has 9 heteroatoms. The molecule has 142 valence electrons. The van der Waals surface area contributed by atoms with Gasteiger partial charge in [-0.15, -0.1) is 6.42 Å². The van der Waals surface area contributed by atoms with Gasteiger partial charge in [-0.25, -0.2) is 9.37 Å². The average molecular weight is 439 g/mol. The first-order valence-electron chi connectivity index (χ1n) is 7.78. The number of imidazole rings is 1. The van der Waals surface area contributed by atoms with Crippen molar-refractivity contribution in [2.45, 2.75) is 6.54 Å². The van der Waals surface area contributed by atoms with Gasteiger partial charge in [-0.3, -0.25) is 4.79 Å². The summed E-state index contributed by atoms with van der Waals surface area (Å²) >= 11 is 17.8. The highest BCUT2D eigenvalue weighted by Crippen LogP contribution is 2.35. The molecule has 0 aliphatic heterocycles. The summed E-state index contributed by atoms with van der Waals surface area (Å²) < 4.78 is 20.5. The van der Waals surface area contributed by atoms with Gasteiger partial charge >= 0.3 is 0 Å². The Morgan fingerprint density at radius 1 is 1.29 bits per heavy atom. The van der Waals surface area contributed by atoms with E-state index in [2.05, 4.69) is 21.2 Å². The van der Waals surface area contributed by atoms with Gasteiger partial charge in [0.25, 0.3) is 5.91 Å². The molecule has 0 spiro atoms. The van der Waals surface area contributed by atoms with E-state index in [1.165, 1.54) is 30.6 Å². The summed E-state index contributed by atoms with van der Waals surface area (Å²) in [7, 11) is 0. The fraction of sp³-hybridized carbons (Fsp3) is 0.0526. The fourth-order valence-corrected chi connectivity index (χ4v) is 2.93. The number of amides is 1. The van der Waals surface area contributed by atoms with Gasteiger partial charge in [-0.1, -0.05) is 46.8 Å². The van der Waals surface area contributed by atoms with Crippen molar-refractivity contribution in [1.82, 2.24) is 15.3 Å². The van der Waals surface area contributed by atoms with Crippen LogP contribution in [0.1, 0.15) is 21.6 Å². The zero-order valence-corrected chi connectivity index (χ0v) is 16.3. The number of nitrogens with zero attached hydrogens (tertiary/aromatic N) is 1. The molecule has 0 saturated heterocycles. The Hall–Kier alpha value is -2.72. The SMILES string of the molecule is C#Cc1cc(Cl)cc(Oc2c(Cl)ccc(CNC(=O)c3[nH]cnc3Cl)c2F)c1. The number of ether oxygens (including phenoxy) is 1. The number of terminal acetylenes is 1. The maximum Gasteiger partial charge on any atom is 0.271 e. The van der Waals surface area contributed by atoms with Gasteiger partial charge in [0.15, 0.2) is 16.7 Å². The molecule has 0 unspecified atom stereocenters. The van der Waals surface area contributed by atoms with Crippen molar-refractivity contribution in [3.63, 3.8) is 0 Å². The lowest BCUT2D eigenvalue weighted by Crippen LogP contribution is -2.24. The molecule has 0 bridgehead atoms. The van der Waals surface area contributed by atoms with E-state index >= 15 is 0 Å². The van der Waals surface area contributed by atoms with E-state index in [0.717, 1.165) is 0 Å². The fourth-order valence-electron chi connectivity index (χ4n) is 2.33. The van der Waals surface area contributed by atoms with Crippen molar-refractivity contribution >= 4 is 40.7 Å². The normalized spacial score (nSPS) is 10.4. The van der Waals surface area contributed by atoms with Crippen LogP contribution in [0.25, 0.3) is 0 Å². The third kappa shape index (κ3) is 4.39. The highest BCUT2D eigenvalue weighted by molar-refractivity contribution is 6.32. The van der Waals surface area contributed by atoms with Gasteiger partial charge in [0, 0.05) is 22.7 Å². The quantitative estimate of drug-likeness (QED) is 0.537. The molecular weight excluding hydrogens is 428 g/mol. The number of hydrogen-bond donors (Lipinski definition) is 2. The molecule has 3 rings (SSSR count). The number of benzene rings is 2. The first-order valence-corrected chi connectivity index (χ1v) is 8.91. The number of nitrogens with one attached hydrogen (secondary N) is 2. The van der Waals surface area contributed by atoms with Crippen molar-refractivity contribution in [3.8, 4) is 23.8 Å². The molecule has 2 aromatic carbocycles. The van der Waals surface area contributed by atoms with Crippen molar-refractivity contribution < 1.29 is 13.9 Å². The van der Waals surface area contributed by atoms with Gasteiger partial charge in [-0.05, 0) is 24.3 Å². The molecule has 0 fully saturated rings. The molecule has 28 heavy (non-hydrogen) atoms. The maximum atomic E-state index is 14.9. The first kappa shape index (κ1) is 20.0. The van der Waals surface area contributed by atoms with Crippen LogP contribution in [0, 0.1) is 18.2 Å². The molecular formula is C19H11Cl3FN3O2. The highest BCUT2D eigenvalue weighted by atomic mass is 35.5. The average Bonchev–Trinajstić information content (AvgIpc) is 3.09. The predicted octanol–water partition coefficient (Wildman–Crippen LogP) is 5.21. The summed E-state index contributed by atoms with van der Waals surface area (Å²) in [6, 6.07) is 7.46. The van der Waals surface area contributed by atoms with E-state index in [1.54, 1.807) is 6.07 Å². The maximum absolute atomic E-state index is 14.9. The van der Waals surface area contributed by atoms with E-state index in [4.69, 9.17) is 46.0 Å². The van der Waals surface area contributed by atoms with Gasteiger partial charge in [0.05, 0.1) is 11.3 Å². The summed E-state index contributed by atoms with van der Waals surface area (Å²) in [5, 5.41) is 2.94. The van der Waals surface area contributed by atoms with Gasteiger partial charge in [0.1, 0.15) is 11.4 Å². The van der Waals surface area contributed by atoms with E-state index in [1.807, 2.05) is 0 Å².